The maximum atomic E-state index is 12.8. The van der Waals surface area contributed by atoms with Crippen molar-refractivity contribution < 1.29 is 9.53 Å². The van der Waals surface area contributed by atoms with E-state index in [4.69, 9.17) is 33.3 Å². The third-order valence-corrected chi connectivity index (χ3v) is 4.33. The van der Waals surface area contributed by atoms with Crippen LogP contribution in [0.4, 0.5) is 0 Å². The lowest BCUT2D eigenvalue weighted by atomic mass is 9.93. The maximum Gasteiger partial charge on any atom is 0.216 e. The number of carbonyl (C=O) groups excluding carboxylic acids is 1. The van der Waals surface area contributed by atoms with Crippen LogP contribution in [0.3, 0.4) is 0 Å². The minimum absolute atomic E-state index is 0.00454. The molecule has 118 valence electrons. The molecular weight excluding hydrogens is 347 g/mol. The van der Waals surface area contributed by atoms with Crippen molar-refractivity contribution in [3.8, 4) is 6.07 Å². The van der Waals surface area contributed by atoms with Gasteiger partial charge in [-0.15, -0.1) is 0 Å². The second-order valence-corrected chi connectivity index (χ2v) is 5.90. The maximum absolute atomic E-state index is 12.8. The number of nitrogens with zero attached hydrogens (tertiary/aromatic N) is 1. The number of carbonyl (C=O) groups is 1. The molecule has 1 N–H and O–H groups in total. The van der Waals surface area contributed by atoms with E-state index >= 15 is 0 Å². The smallest absolute Gasteiger partial charge is 0.216 e. The van der Waals surface area contributed by atoms with Gasteiger partial charge < -0.3 is 4.74 Å². The predicted molar refractivity (Wildman–Crippen MR) is 92.0 cm³/mol. The zero-order valence-electron chi connectivity index (χ0n) is 12.2. The van der Waals surface area contributed by atoms with Gasteiger partial charge in [0.05, 0.1) is 0 Å². The van der Waals surface area contributed by atoms with Crippen LogP contribution in [0.15, 0.2) is 54.3 Å². The summed E-state index contributed by atoms with van der Waals surface area (Å²) < 4.78 is 5.33. The number of halogens is 2. The van der Waals surface area contributed by atoms with Crippen LogP contribution >= 0.6 is 23.2 Å². The number of rotatable bonds is 2. The van der Waals surface area contributed by atoms with Crippen molar-refractivity contribution >= 4 is 40.5 Å². The predicted octanol–water partition coefficient (Wildman–Crippen LogP) is 4.59. The number of allylic oxidation sites excluding steroid dienone is 2. The molecule has 0 aliphatic carbocycles. The molecule has 4 nitrogen and oxygen atoms in total. The van der Waals surface area contributed by atoms with E-state index in [2.05, 4.69) is 0 Å². The zero-order chi connectivity index (χ0) is 17.3. The standard InChI is InChI=1S/C18H10Cl2N2O2/c19-13-7-3-1-5-10(13)12(9-21)17-16(23)15(18(22)24-17)11-6-2-4-8-14(11)20/h1-8,15,22H/b17-12-,22-18?. The second kappa shape index (κ2) is 6.48. The highest BCUT2D eigenvalue weighted by Gasteiger charge is 2.41. The lowest BCUT2D eigenvalue weighted by Gasteiger charge is -2.07. The molecule has 1 saturated heterocycles. The van der Waals surface area contributed by atoms with Crippen LogP contribution in [0.25, 0.3) is 5.57 Å². The Bertz CT molecular complexity index is 929. The molecule has 3 rings (SSSR count). The quantitative estimate of drug-likeness (QED) is 0.631. The van der Waals surface area contributed by atoms with Gasteiger partial charge in [0.25, 0.3) is 0 Å². The van der Waals surface area contributed by atoms with Crippen LogP contribution in [0.5, 0.6) is 0 Å². The molecule has 2 aromatic rings. The molecule has 0 aromatic heterocycles. The molecule has 1 heterocycles. The molecule has 1 fully saturated rings. The molecule has 24 heavy (non-hydrogen) atoms. The van der Waals surface area contributed by atoms with Gasteiger partial charge in [-0.05, 0) is 17.7 Å². The van der Waals surface area contributed by atoms with Gasteiger partial charge in [-0.1, -0.05) is 59.6 Å². The summed E-state index contributed by atoms with van der Waals surface area (Å²) in [4.78, 5) is 12.8. The highest BCUT2D eigenvalue weighted by atomic mass is 35.5. The van der Waals surface area contributed by atoms with Gasteiger partial charge in [0.2, 0.25) is 11.7 Å². The van der Waals surface area contributed by atoms with Crippen LogP contribution in [0, 0.1) is 16.7 Å². The van der Waals surface area contributed by atoms with Crippen molar-refractivity contribution in [1.82, 2.24) is 0 Å². The van der Waals surface area contributed by atoms with Crippen molar-refractivity contribution in [3.63, 3.8) is 0 Å². The zero-order valence-corrected chi connectivity index (χ0v) is 13.7. The lowest BCUT2D eigenvalue weighted by Crippen LogP contribution is -2.13. The Labute approximate surface area is 148 Å². The molecule has 6 heteroatoms. The number of nitrogens with one attached hydrogen (secondary N) is 1. The molecule has 0 radical (unpaired) electrons. The average molecular weight is 357 g/mol. The van der Waals surface area contributed by atoms with Crippen molar-refractivity contribution in [3.05, 3.63) is 75.5 Å². The fourth-order valence-electron chi connectivity index (χ4n) is 2.53. The Hall–Kier alpha value is -2.61. The van der Waals surface area contributed by atoms with E-state index in [1.54, 1.807) is 48.5 Å². The Morgan fingerprint density at radius 2 is 1.71 bits per heavy atom. The summed E-state index contributed by atoms with van der Waals surface area (Å²) in [6, 6.07) is 15.4. The molecule has 0 amide bonds. The van der Waals surface area contributed by atoms with Crippen LogP contribution in [-0.2, 0) is 9.53 Å². The number of benzene rings is 2. The second-order valence-electron chi connectivity index (χ2n) is 5.08. The van der Waals surface area contributed by atoms with Crippen molar-refractivity contribution in [2.24, 2.45) is 0 Å². The van der Waals surface area contributed by atoms with E-state index in [1.807, 2.05) is 6.07 Å². The summed E-state index contributed by atoms with van der Waals surface area (Å²) in [6.07, 6.45) is 0. The Morgan fingerprint density at radius 1 is 1.08 bits per heavy atom. The fraction of sp³-hybridized carbons (Fsp3) is 0.0556. The minimum atomic E-state index is -0.959. The summed E-state index contributed by atoms with van der Waals surface area (Å²) in [5.41, 5.74) is 0.864. The molecular formula is C18H10Cl2N2O2. The van der Waals surface area contributed by atoms with Crippen LogP contribution < -0.4 is 0 Å². The average Bonchev–Trinajstić information content (AvgIpc) is 2.85. The minimum Gasteiger partial charge on any atom is -0.437 e. The summed E-state index contributed by atoms with van der Waals surface area (Å²) in [5.74, 6) is -1.88. The van der Waals surface area contributed by atoms with E-state index < -0.39 is 11.7 Å². The number of hydrogen-bond acceptors (Lipinski definition) is 4. The van der Waals surface area contributed by atoms with E-state index in [1.165, 1.54) is 0 Å². The van der Waals surface area contributed by atoms with E-state index in [0.29, 0.717) is 21.2 Å². The first-order valence-electron chi connectivity index (χ1n) is 6.98. The summed E-state index contributed by atoms with van der Waals surface area (Å²) >= 11 is 12.2. The van der Waals surface area contributed by atoms with Gasteiger partial charge >= 0.3 is 0 Å². The number of ketones is 1. The van der Waals surface area contributed by atoms with E-state index in [9.17, 15) is 10.1 Å². The largest absolute Gasteiger partial charge is 0.437 e. The van der Waals surface area contributed by atoms with Crippen LogP contribution in [0.1, 0.15) is 17.0 Å². The molecule has 0 spiro atoms. The van der Waals surface area contributed by atoms with Crippen molar-refractivity contribution in [2.75, 3.05) is 0 Å². The highest BCUT2D eigenvalue weighted by Crippen LogP contribution is 2.37. The van der Waals surface area contributed by atoms with Gasteiger partial charge in [-0.25, -0.2) is 0 Å². The van der Waals surface area contributed by atoms with Crippen molar-refractivity contribution in [1.29, 1.82) is 10.7 Å². The van der Waals surface area contributed by atoms with Gasteiger partial charge in [-0.3, -0.25) is 10.2 Å². The first kappa shape index (κ1) is 16.3. The highest BCUT2D eigenvalue weighted by molar-refractivity contribution is 6.34. The number of Topliss-reactive ketones (excluding diaryl/α,β-unsaturated/α-hetero) is 1. The molecule has 1 atom stereocenters. The summed E-state index contributed by atoms with van der Waals surface area (Å²) in [7, 11) is 0. The van der Waals surface area contributed by atoms with Gasteiger partial charge in [0.1, 0.15) is 17.6 Å². The number of nitriles is 1. The normalized spacial score (nSPS) is 19.0. The first-order chi connectivity index (χ1) is 11.5. The monoisotopic (exact) mass is 356 g/mol. The van der Waals surface area contributed by atoms with E-state index in [0.717, 1.165) is 0 Å². The van der Waals surface area contributed by atoms with Gasteiger partial charge in [0.15, 0.2) is 5.76 Å². The van der Waals surface area contributed by atoms with Crippen LogP contribution in [-0.4, -0.2) is 11.7 Å². The fourth-order valence-corrected chi connectivity index (χ4v) is 3.01. The van der Waals surface area contributed by atoms with Crippen molar-refractivity contribution in [2.45, 2.75) is 5.92 Å². The van der Waals surface area contributed by atoms with Gasteiger partial charge in [-0.2, -0.15) is 5.26 Å². The molecule has 0 bridgehead atoms. The Balaban J connectivity index is 2.13. The molecule has 2 aromatic carbocycles. The SMILES string of the molecule is N#C/C(=C1/OC(=N)C(c2ccccc2Cl)C1=O)c1ccccc1Cl. The Morgan fingerprint density at radius 3 is 2.33 bits per heavy atom. The lowest BCUT2D eigenvalue weighted by molar-refractivity contribution is -0.115. The Kier molecular flexibility index (Phi) is 4.39. The number of hydrogen-bond donors (Lipinski definition) is 1. The summed E-state index contributed by atoms with van der Waals surface area (Å²) in [5, 5.41) is 18.2. The number of ether oxygens (including phenoxy) is 1. The molecule has 0 saturated carbocycles. The molecule has 1 unspecified atom stereocenters. The third kappa shape index (κ3) is 2.69. The molecule has 1 aliphatic heterocycles. The third-order valence-electron chi connectivity index (χ3n) is 3.66. The van der Waals surface area contributed by atoms with Crippen LogP contribution in [0.2, 0.25) is 10.0 Å². The van der Waals surface area contributed by atoms with E-state index in [-0.39, 0.29) is 17.2 Å². The topological polar surface area (TPSA) is 73.9 Å². The first-order valence-corrected chi connectivity index (χ1v) is 7.74. The summed E-state index contributed by atoms with van der Waals surface area (Å²) in [6.45, 7) is 0. The van der Waals surface area contributed by atoms with Gasteiger partial charge in [0, 0.05) is 15.6 Å². The molecule has 1 aliphatic rings.